The van der Waals surface area contributed by atoms with Gasteiger partial charge in [0.05, 0.1) is 19.6 Å². The van der Waals surface area contributed by atoms with Crippen molar-refractivity contribution in [1.29, 1.82) is 0 Å². The van der Waals surface area contributed by atoms with Crippen molar-refractivity contribution in [3.8, 4) is 5.75 Å². The van der Waals surface area contributed by atoms with Crippen molar-refractivity contribution in [3.05, 3.63) is 29.8 Å². The van der Waals surface area contributed by atoms with Gasteiger partial charge < -0.3 is 14.6 Å². The molecule has 0 amide bonds. The lowest BCUT2D eigenvalue weighted by Gasteiger charge is -2.32. The van der Waals surface area contributed by atoms with Crippen LogP contribution in [-0.4, -0.2) is 49.3 Å². The molecule has 0 spiro atoms. The minimum absolute atomic E-state index is 0.245. The lowest BCUT2D eigenvalue weighted by molar-refractivity contribution is -0.143. The van der Waals surface area contributed by atoms with E-state index in [0.29, 0.717) is 13.2 Å². The third-order valence-electron chi connectivity index (χ3n) is 4.44. The highest BCUT2D eigenvalue weighted by atomic mass is 16.6. The number of piperidine rings is 1. The van der Waals surface area contributed by atoms with E-state index in [4.69, 9.17) is 9.47 Å². The van der Waals surface area contributed by atoms with Crippen LogP contribution < -0.4 is 4.74 Å². The highest BCUT2D eigenvalue weighted by molar-refractivity contribution is 5.70. The second-order valence-corrected chi connectivity index (χ2v) is 5.92. The first-order valence-corrected chi connectivity index (χ1v) is 7.37. The van der Waals surface area contributed by atoms with Crippen LogP contribution in [0.15, 0.2) is 24.3 Å². The number of hydrogen-bond donors (Lipinski definition) is 1. The maximum Gasteiger partial charge on any atom is 0.307 e. The number of carboxylic acids is 1. The number of epoxide rings is 1. The summed E-state index contributed by atoms with van der Waals surface area (Å²) in [5.41, 5.74) is 0.882. The zero-order chi connectivity index (χ0) is 14.9. The molecule has 2 aliphatic heterocycles. The monoisotopic (exact) mass is 291 g/mol. The van der Waals surface area contributed by atoms with Crippen LogP contribution in [0.3, 0.4) is 0 Å². The van der Waals surface area contributed by atoms with Gasteiger partial charge in [-0.2, -0.15) is 0 Å². The quantitative estimate of drug-likeness (QED) is 0.837. The van der Waals surface area contributed by atoms with Gasteiger partial charge in [0.2, 0.25) is 0 Å². The summed E-state index contributed by atoms with van der Waals surface area (Å²) >= 11 is 0. The lowest BCUT2D eigenvalue weighted by Crippen LogP contribution is -2.42. The van der Waals surface area contributed by atoms with Crippen molar-refractivity contribution in [2.24, 2.45) is 5.92 Å². The molecule has 1 aromatic carbocycles. The standard InChI is InChI=1S/C16H21NO4/c1-20-14-6-4-13(5-7-14)16(11-21-16)10-17-8-2-3-12(9-17)15(18)19/h4-7,12H,2-3,8-11H2,1H3,(H,18,19). The Kier molecular flexibility index (Phi) is 3.87. The number of carboxylic acid groups (broad SMARTS) is 1. The topological polar surface area (TPSA) is 62.3 Å². The Bertz CT molecular complexity index is 510. The highest BCUT2D eigenvalue weighted by Crippen LogP contribution is 2.40. The summed E-state index contributed by atoms with van der Waals surface area (Å²) in [6.45, 7) is 3.04. The van der Waals surface area contributed by atoms with Crippen LogP contribution in [0.25, 0.3) is 0 Å². The van der Waals surface area contributed by atoms with E-state index in [9.17, 15) is 9.90 Å². The zero-order valence-corrected chi connectivity index (χ0v) is 12.2. The van der Waals surface area contributed by atoms with Crippen molar-refractivity contribution >= 4 is 5.97 Å². The number of hydrogen-bond acceptors (Lipinski definition) is 4. The molecule has 0 bridgehead atoms. The van der Waals surface area contributed by atoms with Crippen LogP contribution >= 0.6 is 0 Å². The summed E-state index contributed by atoms with van der Waals surface area (Å²) in [4.78, 5) is 13.4. The number of likely N-dealkylation sites (tertiary alicyclic amines) is 1. The molecule has 0 radical (unpaired) electrons. The fraction of sp³-hybridized carbons (Fsp3) is 0.562. The van der Waals surface area contributed by atoms with Crippen LogP contribution in [0.1, 0.15) is 18.4 Å². The van der Waals surface area contributed by atoms with E-state index in [1.807, 2.05) is 24.3 Å². The van der Waals surface area contributed by atoms with E-state index in [-0.39, 0.29) is 11.5 Å². The van der Waals surface area contributed by atoms with Crippen LogP contribution in [0.5, 0.6) is 5.75 Å². The summed E-state index contributed by atoms with van der Waals surface area (Å²) in [5, 5.41) is 9.17. The first-order valence-electron chi connectivity index (χ1n) is 7.37. The fourth-order valence-corrected chi connectivity index (χ4v) is 3.09. The maximum absolute atomic E-state index is 11.1. The minimum atomic E-state index is -0.685. The normalized spacial score (nSPS) is 29.1. The first kappa shape index (κ1) is 14.4. The van der Waals surface area contributed by atoms with Gasteiger partial charge in [-0.15, -0.1) is 0 Å². The number of methoxy groups -OCH3 is 1. The number of rotatable bonds is 5. The molecule has 2 atom stereocenters. The SMILES string of the molecule is COc1ccc(C2(CN3CCCC(C(=O)O)C3)CO2)cc1. The molecule has 114 valence electrons. The smallest absolute Gasteiger partial charge is 0.307 e. The van der Waals surface area contributed by atoms with Gasteiger partial charge in [0.15, 0.2) is 0 Å². The molecule has 2 saturated heterocycles. The van der Waals surface area contributed by atoms with Gasteiger partial charge in [0, 0.05) is 13.1 Å². The summed E-state index contributed by atoms with van der Waals surface area (Å²) in [5.74, 6) is -0.0983. The Hall–Kier alpha value is -1.59. The van der Waals surface area contributed by atoms with E-state index in [0.717, 1.165) is 37.2 Å². The molecule has 1 N–H and O–H groups in total. The number of benzene rings is 1. The number of nitrogens with zero attached hydrogens (tertiary/aromatic N) is 1. The van der Waals surface area contributed by atoms with Gasteiger partial charge in [0.1, 0.15) is 11.4 Å². The van der Waals surface area contributed by atoms with Crippen LogP contribution in [-0.2, 0) is 15.1 Å². The van der Waals surface area contributed by atoms with Crippen molar-refractivity contribution in [1.82, 2.24) is 4.90 Å². The summed E-state index contributed by atoms with van der Waals surface area (Å²) < 4.78 is 10.9. The summed E-state index contributed by atoms with van der Waals surface area (Å²) in [6.07, 6.45) is 1.72. The van der Waals surface area contributed by atoms with Gasteiger partial charge in [-0.05, 0) is 37.1 Å². The van der Waals surface area contributed by atoms with Gasteiger partial charge >= 0.3 is 5.97 Å². The largest absolute Gasteiger partial charge is 0.497 e. The molecule has 5 nitrogen and oxygen atoms in total. The molecule has 0 aromatic heterocycles. The zero-order valence-electron chi connectivity index (χ0n) is 12.2. The molecule has 2 heterocycles. The Morgan fingerprint density at radius 2 is 2.19 bits per heavy atom. The van der Waals surface area contributed by atoms with E-state index >= 15 is 0 Å². The minimum Gasteiger partial charge on any atom is -0.497 e. The molecule has 2 fully saturated rings. The predicted octanol–water partition coefficient (Wildman–Crippen LogP) is 1.72. The summed E-state index contributed by atoms with van der Waals surface area (Å²) in [7, 11) is 1.65. The number of carbonyl (C=O) groups is 1. The molecule has 0 saturated carbocycles. The third-order valence-corrected chi connectivity index (χ3v) is 4.44. The Labute approximate surface area is 124 Å². The lowest BCUT2D eigenvalue weighted by atomic mass is 9.94. The molecule has 3 rings (SSSR count). The molecular weight excluding hydrogens is 270 g/mol. The third kappa shape index (κ3) is 3.04. The Balaban J connectivity index is 1.67. The Morgan fingerprint density at radius 1 is 1.48 bits per heavy atom. The van der Waals surface area contributed by atoms with Crippen molar-refractivity contribution in [2.45, 2.75) is 18.4 Å². The molecular formula is C16H21NO4. The van der Waals surface area contributed by atoms with Crippen molar-refractivity contribution < 1.29 is 19.4 Å². The molecule has 21 heavy (non-hydrogen) atoms. The highest BCUT2D eigenvalue weighted by Gasteiger charge is 2.48. The average Bonchev–Trinajstić information content (AvgIpc) is 3.28. The first-order chi connectivity index (χ1) is 10.1. The van der Waals surface area contributed by atoms with Crippen LogP contribution in [0.4, 0.5) is 0 Å². The molecule has 2 unspecified atom stereocenters. The number of ether oxygens (including phenoxy) is 2. The molecule has 0 aliphatic carbocycles. The van der Waals surface area contributed by atoms with Crippen molar-refractivity contribution in [3.63, 3.8) is 0 Å². The van der Waals surface area contributed by atoms with Gasteiger partial charge in [-0.25, -0.2) is 0 Å². The second kappa shape index (κ2) is 5.66. The van der Waals surface area contributed by atoms with Crippen molar-refractivity contribution in [2.75, 3.05) is 33.4 Å². The number of aliphatic carboxylic acids is 1. The van der Waals surface area contributed by atoms with E-state index in [2.05, 4.69) is 4.90 Å². The second-order valence-electron chi connectivity index (χ2n) is 5.92. The van der Waals surface area contributed by atoms with Crippen LogP contribution in [0, 0.1) is 5.92 Å². The molecule has 5 heteroatoms. The van der Waals surface area contributed by atoms with E-state index in [1.165, 1.54) is 0 Å². The fourth-order valence-electron chi connectivity index (χ4n) is 3.09. The summed E-state index contributed by atoms with van der Waals surface area (Å²) in [6, 6.07) is 7.94. The Morgan fingerprint density at radius 3 is 2.76 bits per heavy atom. The van der Waals surface area contributed by atoms with E-state index < -0.39 is 5.97 Å². The average molecular weight is 291 g/mol. The van der Waals surface area contributed by atoms with Crippen LogP contribution in [0.2, 0.25) is 0 Å². The van der Waals surface area contributed by atoms with Gasteiger partial charge in [0.25, 0.3) is 0 Å². The van der Waals surface area contributed by atoms with Gasteiger partial charge in [-0.3, -0.25) is 9.69 Å². The maximum atomic E-state index is 11.1. The predicted molar refractivity (Wildman–Crippen MR) is 77.4 cm³/mol. The van der Waals surface area contributed by atoms with Gasteiger partial charge in [-0.1, -0.05) is 12.1 Å². The molecule has 1 aromatic rings. The molecule has 2 aliphatic rings. The van der Waals surface area contributed by atoms with E-state index in [1.54, 1.807) is 7.11 Å².